The summed E-state index contributed by atoms with van der Waals surface area (Å²) in [5, 5.41) is 3.30. The molecule has 0 amide bonds. The Hall–Kier alpha value is 0.210. The molecule has 1 heterocycles. The van der Waals surface area contributed by atoms with Crippen LogP contribution in [-0.4, -0.2) is 38.1 Å². The van der Waals surface area contributed by atoms with E-state index < -0.39 is 0 Å². The van der Waals surface area contributed by atoms with Crippen molar-refractivity contribution in [3.63, 3.8) is 0 Å². The minimum atomic E-state index is 0. The van der Waals surface area contributed by atoms with E-state index in [1.165, 1.54) is 25.9 Å². The molecule has 0 atom stereocenters. The largest absolute Gasteiger partial charge is 0.317 e. The lowest BCUT2D eigenvalue weighted by molar-refractivity contribution is 0.240. The van der Waals surface area contributed by atoms with Crippen molar-refractivity contribution in [2.45, 2.75) is 18.9 Å². The average molecular weight is 165 g/mol. The van der Waals surface area contributed by atoms with Crippen molar-refractivity contribution >= 4 is 12.4 Å². The van der Waals surface area contributed by atoms with Crippen LogP contribution in [-0.2, 0) is 0 Å². The number of nitrogens with zero attached hydrogens (tertiary/aromatic N) is 1. The first-order valence-electron chi connectivity index (χ1n) is 3.68. The summed E-state index contributed by atoms with van der Waals surface area (Å²) in [5.41, 5.74) is 0. The van der Waals surface area contributed by atoms with Gasteiger partial charge in [0.2, 0.25) is 0 Å². The predicted octanol–water partition coefficient (Wildman–Crippen LogP) is 0.722. The van der Waals surface area contributed by atoms with Crippen molar-refractivity contribution in [1.29, 1.82) is 0 Å². The maximum Gasteiger partial charge on any atom is 0.00884 e. The molecule has 62 valence electrons. The molecule has 1 fully saturated rings. The lowest BCUT2D eigenvalue weighted by atomic mass is 10.1. The number of likely N-dealkylation sites (tertiary alicyclic amines) is 1. The second-order valence-corrected chi connectivity index (χ2v) is 2.87. The van der Waals surface area contributed by atoms with Crippen molar-refractivity contribution in [1.82, 2.24) is 10.2 Å². The number of halogens is 1. The first-order valence-corrected chi connectivity index (χ1v) is 3.68. The number of rotatable bonds is 1. The standard InChI is InChI=1S/C7H16N2.ClH/c1-8-7-3-5-9(2)6-4-7;/h7-8H,3-6H2,1-2H3;1H. The van der Waals surface area contributed by atoms with Gasteiger partial charge in [-0.15, -0.1) is 12.4 Å². The molecule has 0 radical (unpaired) electrons. The van der Waals surface area contributed by atoms with Crippen LogP contribution in [0.5, 0.6) is 0 Å². The van der Waals surface area contributed by atoms with Gasteiger partial charge in [-0.2, -0.15) is 0 Å². The first kappa shape index (κ1) is 10.2. The van der Waals surface area contributed by atoms with Gasteiger partial charge in [-0.1, -0.05) is 0 Å². The van der Waals surface area contributed by atoms with E-state index in [9.17, 15) is 0 Å². The maximum absolute atomic E-state index is 3.30. The molecule has 1 saturated heterocycles. The van der Waals surface area contributed by atoms with Gasteiger partial charge < -0.3 is 10.2 Å². The van der Waals surface area contributed by atoms with Gasteiger partial charge in [0.05, 0.1) is 0 Å². The number of hydrogen-bond acceptors (Lipinski definition) is 2. The normalized spacial score (nSPS) is 22.2. The Kier molecular flexibility index (Phi) is 5.04. The third-order valence-electron chi connectivity index (χ3n) is 2.13. The molecule has 1 rings (SSSR count). The quantitative estimate of drug-likeness (QED) is 0.615. The van der Waals surface area contributed by atoms with Gasteiger partial charge in [0.1, 0.15) is 0 Å². The monoisotopic (exact) mass is 164 g/mol. The lowest BCUT2D eigenvalue weighted by Gasteiger charge is -2.28. The summed E-state index contributed by atoms with van der Waals surface area (Å²) in [5.74, 6) is 0. The second kappa shape index (κ2) is 4.94. The molecule has 2 nitrogen and oxygen atoms in total. The molecule has 10 heavy (non-hydrogen) atoms. The third-order valence-corrected chi connectivity index (χ3v) is 2.13. The fourth-order valence-electron chi connectivity index (χ4n) is 1.30. The summed E-state index contributed by atoms with van der Waals surface area (Å²) >= 11 is 0. The predicted molar refractivity (Wildman–Crippen MR) is 46.8 cm³/mol. The molecule has 0 spiro atoms. The van der Waals surface area contributed by atoms with Crippen molar-refractivity contribution in [3.8, 4) is 0 Å². The molecule has 0 saturated carbocycles. The summed E-state index contributed by atoms with van der Waals surface area (Å²) in [6.45, 7) is 2.51. The maximum atomic E-state index is 3.30. The topological polar surface area (TPSA) is 15.3 Å². The molecule has 0 unspecified atom stereocenters. The van der Waals surface area contributed by atoms with Crippen LogP contribution in [0.15, 0.2) is 0 Å². The van der Waals surface area contributed by atoms with Gasteiger partial charge in [-0.25, -0.2) is 0 Å². The van der Waals surface area contributed by atoms with Crippen LogP contribution in [0.2, 0.25) is 0 Å². The second-order valence-electron chi connectivity index (χ2n) is 2.87. The van der Waals surface area contributed by atoms with Crippen molar-refractivity contribution in [2.75, 3.05) is 27.2 Å². The van der Waals surface area contributed by atoms with Crippen molar-refractivity contribution < 1.29 is 0 Å². The highest BCUT2D eigenvalue weighted by molar-refractivity contribution is 5.85. The lowest BCUT2D eigenvalue weighted by Crippen LogP contribution is -2.39. The highest BCUT2D eigenvalue weighted by atomic mass is 35.5. The molecule has 0 aliphatic carbocycles. The van der Waals surface area contributed by atoms with Gasteiger partial charge in [-0.3, -0.25) is 0 Å². The number of piperidine rings is 1. The minimum absolute atomic E-state index is 0. The van der Waals surface area contributed by atoms with Crippen LogP contribution >= 0.6 is 12.4 Å². The van der Waals surface area contributed by atoms with E-state index in [1.54, 1.807) is 0 Å². The van der Waals surface area contributed by atoms with E-state index in [-0.39, 0.29) is 12.4 Å². The molecule has 1 N–H and O–H groups in total. The zero-order valence-corrected chi connectivity index (χ0v) is 7.58. The van der Waals surface area contributed by atoms with E-state index in [0.29, 0.717) is 0 Å². The molecule has 0 aromatic carbocycles. The van der Waals surface area contributed by atoms with E-state index in [0.717, 1.165) is 6.04 Å². The molecule has 1 aliphatic heterocycles. The zero-order chi connectivity index (χ0) is 6.69. The highest BCUT2D eigenvalue weighted by Gasteiger charge is 2.13. The zero-order valence-electron chi connectivity index (χ0n) is 6.76. The number of nitrogens with one attached hydrogen (secondary N) is 1. The van der Waals surface area contributed by atoms with E-state index in [1.807, 2.05) is 0 Å². The van der Waals surface area contributed by atoms with E-state index >= 15 is 0 Å². The Morgan fingerprint density at radius 2 is 1.80 bits per heavy atom. The van der Waals surface area contributed by atoms with E-state index in [4.69, 9.17) is 0 Å². The molecule has 3 heteroatoms. The van der Waals surface area contributed by atoms with Crippen LogP contribution in [0.1, 0.15) is 12.8 Å². The SMILES string of the molecule is CNC1CCN(C)CC1.Cl. The molecular formula is C7H17ClN2. The van der Waals surface area contributed by atoms with Crippen LogP contribution in [0.3, 0.4) is 0 Å². The smallest absolute Gasteiger partial charge is 0.00884 e. The molecule has 0 aromatic rings. The summed E-state index contributed by atoms with van der Waals surface area (Å²) in [7, 11) is 4.24. The van der Waals surface area contributed by atoms with Crippen LogP contribution in [0.25, 0.3) is 0 Å². The Morgan fingerprint density at radius 3 is 2.20 bits per heavy atom. The first-order chi connectivity index (χ1) is 4.33. The Balaban J connectivity index is 0.000000810. The molecule has 1 aliphatic rings. The van der Waals surface area contributed by atoms with Crippen molar-refractivity contribution in [2.24, 2.45) is 0 Å². The Labute approximate surface area is 69.4 Å². The highest BCUT2D eigenvalue weighted by Crippen LogP contribution is 2.06. The summed E-state index contributed by atoms with van der Waals surface area (Å²) in [4.78, 5) is 2.38. The van der Waals surface area contributed by atoms with Gasteiger partial charge in [0.25, 0.3) is 0 Å². The van der Waals surface area contributed by atoms with Crippen LogP contribution < -0.4 is 5.32 Å². The van der Waals surface area contributed by atoms with Crippen LogP contribution in [0.4, 0.5) is 0 Å². The van der Waals surface area contributed by atoms with Gasteiger partial charge in [0.15, 0.2) is 0 Å². The average Bonchev–Trinajstić information content (AvgIpc) is 1.90. The fraction of sp³-hybridized carbons (Fsp3) is 1.00. The third kappa shape index (κ3) is 2.86. The fourth-order valence-corrected chi connectivity index (χ4v) is 1.30. The van der Waals surface area contributed by atoms with Gasteiger partial charge >= 0.3 is 0 Å². The van der Waals surface area contributed by atoms with E-state index in [2.05, 4.69) is 24.3 Å². The molecule has 0 aromatic heterocycles. The number of hydrogen-bond donors (Lipinski definition) is 1. The summed E-state index contributed by atoms with van der Waals surface area (Å²) in [6.07, 6.45) is 2.62. The van der Waals surface area contributed by atoms with Crippen LogP contribution in [0, 0.1) is 0 Å². The molecular weight excluding hydrogens is 148 g/mol. The minimum Gasteiger partial charge on any atom is -0.317 e. The molecule has 0 bridgehead atoms. The van der Waals surface area contributed by atoms with Gasteiger partial charge in [-0.05, 0) is 40.0 Å². The Bertz CT molecular complexity index is 79.7. The Morgan fingerprint density at radius 1 is 1.30 bits per heavy atom. The van der Waals surface area contributed by atoms with Gasteiger partial charge in [0, 0.05) is 6.04 Å². The summed E-state index contributed by atoms with van der Waals surface area (Å²) in [6, 6.07) is 0.779. The van der Waals surface area contributed by atoms with Crippen molar-refractivity contribution in [3.05, 3.63) is 0 Å². The summed E-state index contributed by atoms with van der Waals surface area (Å²) < 4.78 is 0.